The molecular formula is C21H27N5O2. The van der Waals surface area contributed by atoms with Gasteiger partial charge < -0.3 is 16.0 Å². The largest absolute Gasteiger partial charge is 0.335 e. The second-order valence-corrected chi connectivity index (χ2v) is 7.08. The first-order valence-corrected chi connectivity index (χ1v) is 9.64. The number of likely N-dealkylation sites (tertiary alicyclic amines) is 1. The lowest BCUT2D eigenvalue weighted by atomic mass is 10.1. The molecule has 3 rings (SSSR count). The van der Waals surface area contributed by atoms with E-state index in [4.69, 9.17) is 0 Å². The topological polar surface area (TPSA) is 86.4 Å². The standard InChI is InChI=1S/C21H27N5O2/c1-16(17-7-11-22-12-8-17)23-21(28)25-19-9-13-26(14-10-19)15-20(27)24-18-5-3-2-4-6-18/h2-8,11-12,16,19H,9-10,13-15H2,1H3,(H,24,27)(H2,23,25,28). The Labute approximate surface area is 165 Å². The summed E-state index contributed by atoms with van der Waals surface area (Å²) in [6, 6.07) is 13.1. The summed E-state index contributed by atoms with van der Waals surface area (Å²) in [4.78, 5) is 30.5. The highest BCUT2D eigenvalue weighted by atomic mass is 16.2. The Bertz CT molecular complexity index is 761. The number of carbonyl (C=O) groups excluding carboxylic acids is 2. The SMILES string of the molecule is CC(NC(=O)NC1CCN(CC(=O)Nc2ccccc2)CC1)c1ccncc1. The first kappa shape index (κ1) is 19.8. The van der Waals surface area contributed by atoms with E-state index >= 15 is 0 Å². The molecule has 1 aliphatic heterocycles. The fourth-order valence-corrected chi connectivity index (χ4v) is 3.32. The molecule has 0 radical (unpaired) electrons. The lowest BCUT2D eigenvalue weighted by molar-refractivity contribution is -0.117. The van der Waals surface area contributed by atoms with Gasteiger partial charge in [-0.2, -0.15) is 0 Å². The van der Waals surface area contributed by atoms with Gasteiger partial charge in [-0.05, 0) is 49.6 Å². The third kappa shape index (κ3) is 6.06. The summed E-state index contributed by atoms with van der Waals surface area (Å²) >= 11 is 0. The van der Waals surface area contributed by atoms with Crippen LogP contribution in [0.4, 0.5) is 10.5 Å². The van der Waals surface area contributed by atoms with E-state index in [1.165, 1.54) is 0 Å². The van der Waals surface area contributed by atoms with Gasteiger partial charge in [-0.25, -0.2) is 4.79 Å². The first-order valence-electron chi connectivity index (χ1n) is 9.64. The maximum atomic E-state index is 12.2. The van der Waals surface area contributed by atoms with Crippen LogP contribution in [0.1, 0.15) is 31.4 Å². The number of benzene rings is 1. The van der Waals surface area contributed by atoms with Crippen LogP contribution in [0.5, 0.6) is 0 Å². The quantitative estimate of drug-likeness (QED) is 0.718. The van der Waals surface area contributed by atoms with Gasteiger partial charge in [0.25, 0.3) is 0 Å². The van der Waals surface area contributed by atoms with Gasteiger partial charge in [0.2, 0.25) is 5.91 Å². The maximum absolute atomic E-state index is 12.2. The lowest BCUT2D eigenvalue weighted by Gasteiger charge is -2.32. The van der Waals surface area contributed by atoms with Gasteiger partial charge in [-0.1, -0.05) is 18.2 Å². The molecular weight excluding hydrogens is 354 g/mol. The summed E-state index contributed by atoms with van der Waals surface area (Å²) in [5.41, 5.74) is 1.83. The number of aromatic nitrogens is 1. The molecule has 0 aliphatic carbocycles. The summed E-state index contributed by atoms with van der Waals surface area (Å²) in [6.07, 6.45) is 5.09. The molecule has 3 N–H and O–H groups in total. The molecule has 1 aliphatic rings. The number of anilines is 1. The molecule has 148 valence electrons. The number of nitrogens with one attached hydrogen (secondary N) is 3. The maximum Gasteiger partial charge on any atom is 0.315 e. The zero-order valence-electron chi connectivity index (χ0n) is 16.1. The molecule has 0 saturated carbocycles. The van der Waals surface area contributed by atoms with E-state index in [0.717, 1.165) is 37.2 Å². The number of hydrogen-bond acceptors (Lipinski definition) is 4. The number of urea groups is 1. The van der Waals surface area contributed by atoms with Gasteiger partial charge in [-0.3, -0.25) is 14.7 Å². The molecule has 1 aromatic heterocycles. The normalized spacial score (nSPS) is 16.2. The minimum Gasteiger partial charge on any atom is -0.335 e. The molecule has 1 fully saturated rings. The molecule has 1 saturated heterocycles. The second-order valence-electron chi connectivity index (χ2n) is 7.08. The molecule has 2 heterocycles. The Balaban J connectivity index is 1.36. The van der Waals surface area contributed by atoms with Crippen molar-refractivity contribution in [3.8, 4) is 0 Å². The molecule has 3 amide bonds. The van der Waals surface area contributed by atoms with Gasteiger partial charge >= 0.3 is 6.03 Å². The summed E-state index contributed by atoms with van der Waals surface area (Å²) in [5, 5.41) is 8.90. The number of para-hydroxylation sites is 1. The molecule has 7 nitrogen and oxygen atoms in total. The third-order valence-corrected chi connectivity index (χ3v) is 4.90. The third-order valence-electron chi connectivity index (χ3n) is 4.90. The van der Waals surface area contributed by atoms with E-state index < -0.39 is 0 Å². The average molecular weight is 381 g/mol. The average Bonchev–Trinajstić information content (AvgIpc) is 2.71. The summed E-state index contributed by atoms with van der Waals surface area (Å²) < 4.78 is 0. The van der Waals surface area contributed by atoms with E-state index in [1.807, 2.05) is 49.4 Å². The fraction of sp³-hybridized carbons (Fsp3) is 0.381. The van der Waals surface area contributed by atoms with E-state index in [9.17, 15) is 9.59 Å². The van der Waals surface area contributed by atoms with Crippen LogP contribution in [0, 0.1) is 0 Å². The van der Waals surface area contributed by atoms with Crippen molar-refractivity contribution < 1.29 is 9.59 Å². The smallest absolute Gasteiger partial charge is 0.315 e. The highest BCUT2D eigenvalue weighted by Crippen LogP contribution is 2.13. The van der Waals surface area contributed by atoms with E-state index in [-0.39, 0.29) is 24.0 Å². The van der Waals surface area contributed by atoms with Crippen molar-refractivity contribution in [2.75, 3.05) is 25.0 Å². The highest BCUT2D eigenvalue weighted by molar-refractivity contribution is 5.92. The number of rotatable bonds is 6. The molecule has 2 aromatic rings. The van der Waals surface area contributed by atoms with Crippen LogP contribution in [0.2, 0.25) is 0 Å². The van der Waals surface area contributed by atoms with Gasteiger partial charge in [0, 0.05) is 37.2 Å². The molecule has 1 unspecified atom stereocenters. The van der Waals surface area contributed by atoms with Crippen LogP contribution in [-0.4, -0.2) is 47.5 Å². The Kier molecular flexibility index (Phi) is 6.97. The van der Waals surface area contributed by atoms with Crippen molar-refractivity contribution in [3.63, 3.8) is 0 Å². The summed E-state index contributed by atoms with van der Waals surface area (Å²) in [7, 11) is 0. The Morgan fingerprint density at radius 2 is 1.79 bits per heavy atom. The Morgan fingerprint density at radius 1 is 1.11 bits per heavy atom. The first-order chi connectivity index (χ1) is 13.6. The second kappa shape index (κ2) is 9.85. The summed E-state index contributed by atoms with van der Waals surface area (Å²) in [6.45, 7) is 3.88. The van der Waals surface area contributed by atoms with Crippen molar-refractivity contribution in [2.24, 2.45) is 0 Å². The minimum absolute atomic E-state index is 0.0125. The molecule has 28 heavy (non-hydrogen) atoms. The predicted molar refractivity (Wildman–Crippen MR) is 109 cm³/mol. The number of pyridine rings is 1. The fourth-order valence-electron chi connectivity index (χ4n) is 3.32. The van der Waals surface area contributed by atoms with Crippen molar-refractivity contribution in [1.82, 2.24) is 20.5 Å². The highest BCUT2D eigenvalue weighted by Gasteiger charge is 2.22. The summed E-state index contributed by atoms with van der Waals surface area (Å²) in [5.74, 6) is -0.0125. The Morgan fingerprint density at radius 3 is 2.46 bits per heavy atom. The van der Waals surface area contributed by atoms with E-state index in [0.29, 0.717) is 6.54 Å². The van der Waals surface area contributed by atoms with Crippen molar-refractivity contribution in [2.45, 2.75) is 31.8 Å². The predicted octanol–water partition coefficient (Wildman–Crippen LogP) is 2.54. The monoisotopic (exact) mass is 381 g/mol. The van der Waals surface area contributed by atoms with Gasteiger partial charge in [0.05, 0.1) is 12.6 Å². The molecule has 0 bridgehead atoms. The molecule has 1 atom stereocenters. The van der Waals surface area contributed by atoms with Crippen LogP contribution < -0.4 is 16.0 Å². The van der Waals surface area contributed by atoms with Gasteiger partial charge in [-0.15, -0.1) is 0 Å². The van der Waals surface area contributed by atoms with Crippen molar-refractivity contribution >= 4 is 17.6 Å². The number of piperidine rings is 1. The van der Waals surface area contributed by atoms with Crippen molar-refractivity contribution in [1.29, 1.82) is 0 Å². The van der Waals surface area contributed by atoms with Crippen LogP contribution in [-0.2, 0) is 4.79 Å². The van der Waals surface area contributed by atoms with Crippen LogP contribution in [0.25, 0.3) is 0 Å². The number of hydrogen-bond donors (Lipinski definition) is 3. The van der Waals surface area contributed by atoms with Crippen LogP contribution in [0.15, 0.2) is 54.9 Å². The number of amides is 3. The molecule has 0 spiro atoms. The van der Waals surface area contributed by atoms with E-state index in [1.54, 1.807) is 12.4 Å². The number of carbonyl (C=O) groups is 2. The Hall–Kier alpha value is -2.93. The zero-order chi connectivity index (χ0) is 19.8. The van der Waals surface area contributed by atoms with E-state index in [2.05, 4.69) is 25.8 Å². The van der Waals surface area contributed by atoms with Crippen LogP contribution >= 0.6 is 0 Å². The molecule has 1 aromatic carbocycles. The van der Waals surface area contributed by atoms with Gasteiger partial charge in [0.1, 0.15) is 0 Å². The zero-order valence-corrected chi connectivity index (χ0v) is 16.1. The van der Waals surface area contributed by atoms with Crippen LogP contribution in [0.3, 0.4) is 0 Å². The van der Waals surface area contributed by atoms with Gasteiger partial charge in [0.15, 0.2) is 0 Å². The minimum atomic E-state index is -0.162. The molecule has 7 heteroatoms. The number of nitrogens with zero attached hydrogens (tertiary/aromatic N) is 2. The lowest BCUT2D eigenvalue weighted by Crippen LogP contribution is -2.49. The van der Waals surface area contributed by atoms with Crippen molar-refractivity contribution in [3.05, 3.63) is 60.4 Å².